The van der Waals surface area contributed by atoms with Gasteiger partial charge in [-0.2, -0.15) is 0 Å². The van der Waals surface area contributed by atoms with E-state index in [9.17, 15) is 4.79 Å². The van der Waals surface area contributed by atoms with Crippen molar-refractivity contribution >= 4 is 50.9 Å². The molecular formula is C17H14ClIN2O2. The molecule has 0 aliphatic rings. The molecule has 0 amide bonds. The molecule has 1 N–H and O–H groups in total. The minimum atomic E-state index is -0.0679. The van der Waals surface area contributed by atoms with Crippen LogP contribution in [-0.2, 0) is 0 Å². The van der Waals surface area contributed by atoms with Gasteiger partial charge in [0, 0.05) is 28.5 Å². The molecule has 0 spiro atoms. The zero-order valence-corrected chi connectivity index (χ0v) is 15.5. The van der Waals surface area contributed by atoms with Crippen LogP contribution >= 0.6 is 34.2 Å². The molecule has 1 aromatic carbocycles. The van der Waals surface area contributed by atoms with Crippen molar-refractivity contribution in [2.24, 2.45) is 0 Å². The number of nitrogens with one attached hydrogen (secondary N) is 1. The number of halogens is 2. The number of ether oxygens (including phenoxy) is 1. The molecule has 3 aromatic rings. The number of aromatic nitrogens is 2. The molecule has 0 fully saturated rings. The lowest BCUT2D eigenvalue weighted by Gasteiger charge is -2.11. The highest BCUT2D eigenvalue weighted by Gasteiger charge is 2.16. The fraction of sp³-hybridized carbons (Fsp3) is 0.176. The van der Waals surface area contributed by atoms with Crippen LogP contribution in [0.5, 0.6) is 5.75 Å². The van der Waals surface area contributed by atoms with Crippen LogP contribution < -0.4 is 4.74 Å². The lowest BCUT2D eigenvalue weighted by molar-refractivity contribution is 0.0921. The molecular weight excluding hydrogens is 427 g/mol. The molecule has 118 valence electrons. The average molecular weight is 441 g/mol. The molecule has 0 aliphatic carbocycles. The molecule has 0 saturated carbocycles. The summed E-state index contributed by atoms with van der Waals surface area (Å²) in [5.74, 6) is 0.519. The van der Waals surface area contributed by atoms with E-state index in [0.717, 1.165) is 20.3 Å². The summed E-state index contributed by atoms with van der Waals surface area (Å²) >= 11 is 8.38. The maximum absolute atomic E-state index is 12.4. The van der Waals surface area contributed by atoms with Crippen LogP contribution in [0.4, 0.5) is 0 Å². The molecule has 0 bridgehead atoms. The highest BCUT2D eigenvalue weighted by atomic mass is 127. The Hall–Kier alpha value is -1.60. The zero-order chi connectivity index (χ0) is 16.6. The second kappa shape index (κ2) is 6.49. The maximum atomic E-state index is 12.4. The first-order valence-corrected chi connectivity index (χ1v) is 8.48. The number of carbonyl (C=O) groups is 1. The number of pyridine rings is 1. The Labute approximate surface area is 152 Å². The van der Waals surface area contributed by atoms with Gasteiger partial charge in [-0.05, 0) is 60.7 Å². The summed E-state index contributed by atoms with van der Waals surface area (Å²) in [5, 5.41) is 1.43. The molecule has 0 saturated heterocycles. The molecule has 0 aliphatic heterocycles. The van der Waals surface area contributed by atoms with Gasteiger partial charge in [-0.1, -0.05) is 11.6 Å². The first-order valence-electron chi connectivity index (χ1n) is 7.02. The Morgan fingerprint density at radius 2 is 2.17 bits per heavy atom. The predicted molar refractivity (Wildman–Crippen MR) is 99.6 cm³/mol. The van der Waals surface area contributed by atoms with Crippen LogP contribution in [0.1, 0.15) is 21.7 Å². The van der Waals surface area contributed by atoms with Gasteiger partial charge < -0.3 is 9.72 Å². The van der Waals surface area contributed by atoms with Gasteiger partial charge >= 0.3 is 0 Å². The van der Waals surface area contributed by atoms with Gasteiger partial charge in [0.15, 0.2) is 12.4 Å². The standard InChI is InChI=1S/C17H14ClIN2O2/c1-9-6-12(10(2)21-9)15(22)8-23-17-14(19)7-13(18)11-4-3-5-20-16(11)17/h3-7,21H,8H2,1-2H3. The summed E-state index contributed by atoms with van der Waals surface area (Å²) in [6.07, 6.45) is 1.68. The first kappa shape index (κ1) is 16.3. The molecule has 4 nitrogen and oxygen atoms in total. The molecule has 6 heteroatoms. The van der Waals surface area contributed by atoms with E-state index in [1.807, 2.05) is 38.1 Å². The van der Waals surface area contributed by atoms with Crippen molar-refractivity contribution in [1.29, 1.82) is 0 Å². The minimum Gasteiger partial charge on any atom is -0.482 e. The van der Waals surface area contributed by atoms with Gasteiger partial charge in [0.05, 0.1) is 8.59 Å². The lowest BCUT2D eigenvalue weighted by Crippen LogP contribution is -2.13. The van der Waals surface area contributed by atoms with Crippen molar-refractivity contribution in [3.63, 3.8) is 0 Å². The van der Waals surface area contributed by atoms with Gasteiger partial charge in [0.2, 0.25) is 5.78 Å². The van der Waals surface area contributed by atoms with Crippen molar-refractivity contribution in [3.8, 4) is 5.75 Å². The summed E-state index contributed by atoms with van der Waals surface area (Å²) in [5.41, 5.74) is 3.13. The molecule has 2 aromatic heterocycles. The highest BCUT2D eigenvalue weighted by molar-refractivity contribution is 14.1. The fourth-order valence-corrected chi connectivity index (χ4v) is 3.68. The quantitative estimate of drug-likeness (QED) is 0.473. The molecule has 3 rings (SSSR count). The second-order valence-corrected chi connectivity index (χ2v) is 6.84. The summed E-state index contributed by atoms with van der Waals surface area (Å²) in [4.78, 5) is 19.8. The van der Waals surface area contributed by atoms with Crippen LogP contribution in [0, 0.1) is 17.4 Å². The molecule has 0 atom stereocenters. The number of H-pyrrole nitrogens is 1. The van der Waals surface area contributed by atoms with E-state index in [0.29, 0.717) is 21.9 Å². The number of fused-ring (bicyclic) bond motifs is 1. The second-order valence-electron chi connectivity index (χ2n) is 5.27. The van der Waals surface area contributed by atoms with E-state index in [2.05, 4.69) is 32.6 Å². The molecule has 23 heavy (non-hydrogen) atoms. The Balaban J connectivity index is 1.90. The third kappa shape index (κ3) is 3.21. The van der Waals surface area contributed by atoms with Crippen molar-refractivity contribution in [3.05, 3.63) is 56.0 Å². The summed E-state index contributed by atoms with van der Waals surface area (Å²) < 4.78 is 6.62. The first-order chi connectivity index (χ1) is 11.0. The SMILES string of the molecule is Cc1cc(C(=O)COc2c(I)cc(Cl)c3cccnc23)c(C)[nH]1. The topological polar surface area (TPSA) is 55.0 Å². The van der Waals surface area contributed by atoms with Gasteiger partial charge in [-0.15, -0.1) is 0 Å². The molecule has 2 heterocycles. The summed E-state index contributed by atoms with van der Waals surface area (Å²) in [7, 11) is 0. The van der Waals surface area contributed by atoms with Crippen molar-refractivity contribution < 1.29 is 9.53 Å². The number of nitrogens with zero attached hydrogens (tertiary/aromatic N) is 1. The van der Waals surface area contributed by atoms with E-state index >= 15 is 0 Å². The van der Waals surface area contributed by atoms with Crippen LogP contribution in [0.15, 0.2) is 30.5 Å². The van der Waals surface area contributed by atoms with Gasteiger partial charge in [-0.3, -0.25) is 9.78 Å². The molecule has 0 radical (unpaired) electrons. The largest absolute Gasteiger partial charge is 0.482 e. The van der Waals surface area contributed by atoms with E-state index in [-0.39, 0.29) is 12.4 Å². The Bertz CT molecular complexity index is 905. The highest BCUT2D eigenvalue weighted by Crippen LogP contribution is 2.34. The van der Waals surface area contributed by atoms with Gasteiger partial charge in [-0.25, -0.2) is 0 Å². The average Bonchev–Trinajstić information content (AvgIpc) is 2.85. The van der Waals surface area contributed by atoms with Crippen molar-refractivity contribution in [2.75, 3.05) is 6.61 Å². The zero-order valence-electron chi connectivity index (χ0n) is 12.6. The summed E-state index contributed by atoms with van der Waals surface area (Å²) in [6, 6.07) is 7.36. The van der Waals surface area contributed by atoms with Crippen LogP contribution in [-0.4, -0.2) is 22.4 Å². The number of rotatable bonds is 4. The maximum Gasteiger partial charge on any atom is 0.202 e. The number of aryl methyl sites for hydroxylation is 2. The lowest BCUT2D eigenvalue weighted by atomic mass is 10.1. The molecule has 0 unspecified atom stereocenters. The van der Waals surface area contributed by atoms with Crippen LogP contribution in [0.25, 0.3) is 10.9 Å². The summed E-state index contributed by atoms with van der Waals surface area (Å²) in [6.45, 7) is 3.76. The third-order valence-electron chi connectivity index (χ3n) is 3.55. The third-order valence-corrected chi connectivity index (χ3v) is 4.66. The van der Waals surface area contributed by atoms with Gasteiger partial charge in [0.25, 0.3) is 0 Å². The number of hydrogen-bond acceptors (Lipinski definition) is 3. The van der Waals surface area contributed by atoms with E-state index in [1.54, 1.807) is 6.20 Å². The Kier molecular flexibility index (Phi) is 4.59. The number of hydrogen-bond donors (Lipinski definition) is 1. The monoisotopic (exact) mass is 440 g/mol. The number of carbonyl (C=O) groups excluding carboxylic acids is 1. The smallest absolute Gasteiger partial charge is 0.202 e. The van der Waals surface area contributed by atoms with Crippen LogP contribution in [0.2, 0.25) is 5.02 Å². The van der Waals surface area contributed by atoms with E-state index < -0.39 is 0 Å². The van der Waals surface area contributed by atoms with Crippen molar-refractivity contribution in [2.45, 2.75) is 13.8 Å². The number of aromatic amines is 1. The Morgan fingerprint density at radius 3 is 2.87 bits per heavy atom. The van der Waals surface area contributed by atoms with Crippen LogP contribution in [0.3, 0.4) is 0 Å². The minimum absolute atomic E-state index is 0.0402. The van der Waals surface area contributed by atoms with Crippen molar-refractivity contribution in [1.82, 2.24) is 9.97 Å². The van der Waals surface area contributed by atoms with Gasteiger partial charge in [0.1, 0.15) is 5.52 Å². The number of ketones is 1. The number of benzene rings is 1. The fourth-order valence-electron chi connectivity index (χ4n) is 2.51. The van der Waals surface area contributed by atoms with E-state index in [1.165, 1.54) is 0 Å². The Morgan fingerprint density at radius 1 is 1.39 bits per heavy atom. The normalized spacial score (nSPS) is 11.0. The van der Waals surface area contributed by atoms with E-state index in [4.69, 9.17) is 16.3 Å². The predicted octanol–water partition coefficient (Wildman–Crippen LogP) is 4.70. The number of Topliss-reactive ketones (excluding diaryl/α,β-unsaturated/α-hetero) is 1.